The molecule has 0 radical (unpaired) electrons. The Hall–Kier alpha value is -0.550. The second kappa shape index (κ2) is 2.36. The molecule has 0 fully saturated rings. The smallest absolute Gasteiger partial charge is 0.258 e. The second-order valence-electron chi connectivity index (χ2n) is 1.37. The van der Waals surface area contributed by atoms with Crippen LogP contribution in [0.4, 0.5) is 5.00 Å². The predicted molar refractivity (Wildman–Crippen MR) is 38.2 cm³/mol. The number of thiol groups is 1. The molecule has 0 amide bonds. The molecule has 1 aromatic heterocycles. The summed E-state index contributed by atoms with van der Waals surface area (Å²) in [5.41, 5.74) is 0. The highest BCUT2D eigenvalue weighted by Crippen LogP contribution is 2.25. The lowest BCUT2D eigenvalue weighted by Gasteiger charge is -1.77. The van der Waals surface area contributed by atoms with E-state index < -0.39 is 4.92 Å². The van der Waals surface area contributed by atoms with Gasteiger partial charge < -0.3 is 0 Å². The lowest BCUT2D eigenvalue weighted by Crippen LogP contribution is -1.80. The summed E-state index contributed by atoms with van der Waals surface area (Å²) in [6.07, 6.45) is 0. The van der Waals surface area contributed by atoms with Gasteiger partial charge in [-0.1, -0.05) is 11.3 Å². The van der Waals surface area contributed by atoms with Gasteiger partial charge in [-0.25, -0.2) is 0 Å². The molecule has 1 rings (SSSR count). The molecule has 48 valence electrons. The molecular formula is C4H3NO2S2. The molecule has 0 atom stereocenters. The van der Waals surface area contributed by atoms with Gasteiger partial charge in [0.05, 0.1) is 9.13 Å². The van der Waals surface area contributed by atoms with Crippen molar-refractivity contribution < 1.29 is 4.92 Å². The van der Waals surface area contributed by atoms with Crippen molar-refractivity contribution in [1.29, 1.82) is 0 Å². The Morgan fingerprint density at radius 3 is 2.56 bits per heavy atom. The van der Waals surface area contributed by atoms with E-state index >= 15 is 0 Å². The molecule has 0 saturated heterocycles. The van der Waals surface area contributed by atoms with Gasteiger partial charge in [0.15, 0.2) is 0 Å². The SMILES string of the molecule is O=[N+]([O-])c1ccc(S)s1. The van der Waals surface area contributed by atoms with Crippen molar-refractivity contribution in [2.24, 2.45) is 0 Å². The van der Waals surface area contributed by atoms with E-state index in [1.165, 1.54) is 6.07 Å². The molecule has 0 aromatic carbocycles. The van der Waals surface area contributed by atoms with Gasteiger partial charge in [-0.2, -0.15) is 0 Å². The summed E-state index contributed by atoms with van der Waals surface area (Å²) >= 11 is 4.97. The quantitative estimate of drug-likeness (QED) is 0.388. The molecular weight excluding hydrogens is 158 g/mol. The summed E-state index contributed by atoms with van der Waals surface area (Å²) < 4.78 is 0.668. The van der Waals surface area contributed by atoms with Gasteiger partial charge in [-0.3, -0.25) is 10.1 Å². The fraction of sp³-hybridized carbons (Fsp3) is 0. The van der Waals surface area contributed by atoms with Crippen molar-refractivity contribution in [3.63, 3.8) is 0 Å². The molecule has 0 spiro atoms. The van der Waals surface area contributed by atoms with E-state index in [-0.39, 0.29) is 5.00 Å². The van der Waals surface area contributed by atoms with Gasteiger partial charge in [0.25, 0.3) is 0 Å². The van der Waals surface area contributed by atoms with Gasteiger partial charge in [0, 0.05) is 6.07 Å². The highest BCUT2D eigenvalue weighted by molar-refractivity contribution is 7.83. The van der Waals surface area contributed by atoms with E-state index in [0.29, 0.717) is 4.21 Å². The fourth-order valence-corrected chi connectivity index (χ4v) is 1.33. The van der Waals surface area contributed by atoms with Crippen molar-refractivity contribution >= 4 is 29.0 Å². The van der Waals surface area contributed by atoms with Crippen molar-refractivity contribution in [2.75, 3.05) is 0 Å². The van der Waals surface area contributed by atoms with Crippen LogP contribution in [-0.4, -0.2) is 4.92 Å². The van der Waals surface area contributed by atoms with E-state index in [1.807, 2.05) is 0 Å². The second-order valence-corrected chi connectivity index (χ2v) is 3.22. The minimum atomic E-state index is -0.426. The van der Waals surface area contributed by atoms with Crippen molar-refractivity contribution in [3.8, 4) is 0 Å². The fourth-order valence-electron chi connectivity index (χ4n) is 0.416. The number of rotatable bonds is 1. The zero-order valence-electron chi connectivity index (χ0n) is 4.27. The van der Waals surface area contributed by atoms with Crippen LogP contribution in [0, 0.1) is 10.1 Å². The van der Waals surface area contributed by atoms with Crippen LogP contribution in [0.2, 0.25) is 0 Å². The minimum Gasteiger partial charge on any atom is -0.258 e. The van der Waals surface area contributed by atoms with Crippen LogP contribution in [0.15, 0.2) is 16.3 Å². The van der Waals surface area contributed by atoms with E-state index in [4.69, 9.17) is 0 Å². The molecule has 0 unspecified atom stereocenters. The topological polar surface area (TPSA) is 43.1 Å². The number of hydrogen-bond donors (Lipinski definition) is 1. The largest absolute Gasteiger partial charge is 0.325 e. The van der Waals surface area contributed by atoms with Crippen LogP contribution in [0.25, 0.3) is 0 Å². The molecule has 5 heteroatoms. The molecule has 0 saturated carbocycles. The summed E-state index contributed by atoms with van der Waals surface area (Å²) in [7, 11) is 0. The Bertz CT molecular complexity index is 232. The van der Waals surface area contributed by atoms with Crippen LogP contribution in [-0.2, 0) is 0 Å². The highest BCUT2D eigenvalue weighted by Gasteiger charge is 2.06. The van der Waals surface area contributed by atoms with E-state index in [9.17, 15) is 10.1 Å². The Morgan fingerprint density at radius 2 is 2.33 bits per heavy atom. The zero-order chi connectivity index (χ0) is 6.85. The van der Waals surface area contributed by atoms with Crippen LogP contribution >= 0.6 is 24.0 Å². The molecule has 1 aromatic rings. The van der Waals surface area contributed by atoms with Crippen molar-refractivity contribution in [2.45, 2.75) is 4.21 Å². The monoisotopic (exact) mass is 161 g/mol. The maximum atomic E-state index is 10.00. The van der Waals surface area contributed by atoms with Gasteiger partial charge in [0.1, 0.15) is 0 Å². The number of nitrogens with zero attached hydrogens (tertiary/aromatic N) is 1. The lowest BCUT2D eigenvalue weighted by molar-refractivity contribution is -0.380. The van der Waals surface area contributed by atoms with Crippen LogP contribution < -0.4 is 0 Å². The molecule has 3 nitrogen and oxygen atoms in total. The first-order valence-corrected chi connectivity index (χ1v) is 3.40. The Morgan fingerprint density at radius 1 is 1.67 bits per heavy atom. The minimum absolute atomic E-state index is 0.139. The Balaban J connectivity index is 2.98. The van der Waals surface area contributed by atoms with E-state index in [2.05, 4.69) is 12.6 Å². The standard InChI is InChI=1S/C4H3NO2S2/c6-5(7)3-1-2-4(8)9-3/h1-2,8H. The molecule has 0 aliphatic heterocycles. The van der Waals surface area contributed by atoms with Gasteiger partial charge in [-0.15, -0.1) is 12.6 Å². The third-order valence-corrected chi connectivity index (χ3v) is 2.02. The first kappa shape index (κ1) is 6.57. The van der Waals surface area contributed by atoms with Crippen LogP contribution in [0.5, 0.6) is 0 Å². The summed E-state index contributed by atoms with van der Waals surface area (Å²) in [6.45, 7) is 0. The molecule has 0 aliphatic carbocycles. The summed E-state index contributed by atoms with van der Waals surface area (Å²) in [4.78, 5) is 9.57. The van der Waals surface area contributed by atoms with Gasteiger partial charge in [-0.05, 0) is 6.07 Å². The van der Waals surface area contributed by atoms with Crippen LogP contribution in [0.3, 0.4) is 0 Å². The van der Waals surface area contributed by atoms with Crippen LogP contribution in [0.1, 0.15) is 0 Å². The molecule has 0 bridgehead atoms. The number of nitro groups is 1. The van der Waals surface area contributed by atoms with Crippen molar-refractivity contribution in [1.82, 2.24) is 0 Å². The third kappa shape index (κ3) is 1.43. The average molecular weight is 161 g/mol. The van der Waals surface area contributed by atoms with Gasteiger partial charge in [0.2, 0.25) is 0 Å². The molecule has 9 heavy (non-hydrogen) atoms. The van der Waals surface area contributed by atoms with E-state index in [1.54, 1.807) is 6.07 Å². The number of thiophene rings is 1. The average Bonchev–Trinajstić information content (AvgIpc) is 2.14. The van der Waals surface area contributed by atoms with Crippen molar-refractivity contribution in [3.05, 3.63) is 22.2 Å². The summed E-state index contributed by atoms with van der Waals surface area (Å²) in [6, 6.07) is 3.04. The molecule has 0 N–H and O–H groups in total. The van der Waals surface area contributed by atoms with E-state index in [0.717, 1.165) is 11.3 Å². The zero-order valence-corrected chi connectivity index (χ0v) is 5.98. The predicted octanol–water partition coefficient (Wildman–Crippen LogP) is 1.94. The molecule has 0 aliphatic rings. The summed E-state index contributed by atoms with van der Waals surface area (Å²) in [5, 5.41) is 10.1. The Kier molecular flexibility index (Phi) is 1.73. The van der Waals surface area contributed by atoms with Gasteiger partial charge >= 0.3 is 5.00 Å². The first-order chi connectivity index (χ1) is 4.20. The highest BCUT2D eigenvalue weighted by atomic mass is 32.2. The normalized spacial score (nSPS) is 9.44. The maximum Gasteiger partial charge on any atom is 0.325 e. The third-order valence-electron chi connectivity index (χ3n) is 0.758. The number of hydrogen-bond acceptors (Lipinski definition) is 4. The first-order valence-electron chi connectivity index (χ1n) is 2.13. The maximum absolute atomic E-state index is 10.00. The lowest BCUT2D eigenvalue weighted by atomic mass is 10.6. The Labute approximate surface area is 60.9 Å². The molecule has 1 heterocycles. The summed E-state index contributed by atoms with van der Waals surface area (Å²) in [5.74, 6) is 0.